The highest BCUT2D eigenvalue weighted by Crippen LogP contribution is 2.22. The minimum atomic E-state index is -0.116. The highest BCUT2D eigenvalue weighted by Gasteiger charge is 2.22. The van der Waals surface area contributed by atoms with Crippen LogP contribution in [0, 0.1) is 5.92 Å². The van der Waals surface area contributed by atoms with Crippen molar-refractivity contribution in [1.29, 1.82) is 0 Å². The summed E-state index contributed by atoms with van der Waals surface area (Å²) in [5.74, 6) is 0.803. The smallest absolute Gasteiger partial charge is 0.251 e. The molecule has 30 heavy (non-hydrogen) atoms. The van der Waals surface area contributed by atoms with Crippen molar-refractivity contribution < 1.29 is 9.59 Å². The zero-order valence-corrected chi connectivity index (χ0v) is 17.8. The van der Waals surface area contributed by atoms with Crippen LogP contribution in [0.5, 0.6) is 0 Å². The highest BCUT2D eigenvalue weighted by atomic mass is 16.2. The van der Waals surface area contributed by atoms with Gasteiger partial charge in [0.15, 0.2) is 0 Å². The Kier molecular flexibility index (Phi) is 6.48. The van der Waals surface area contributed by atoms with Crippen LogP contribution < -0.4 is 10.2 Å². The molecular weight excluding hydrogens is 374 g/mol. The minimum absolute atomic E-state index is 0.116. The number of hydrogen-bond donors (Lipinski definition) is 1. The zero-order valence-electron chi connectivity index (χ0n) is 17.8. The maximum Gasteiger partial charge on any atom is 0.251 e. The van der Waals surface area contributed by atoms with Crippen LogP contribution in [0.4, 0.5) is 5.69 Å². The van der Waals surface area contributed by atoms with Gasteiger partial charge in [0.25, 0.3) is 5.91 Å². The van der Waals surface area contributed by atoms with Gasteiger partial charge >= 0.3 is 0 Å². The van der Waals surface area contributed by atoms with Gasteiger partial charge in [-0.2, -0.15) is 0 Å². The predicted octanol–water partition coefficient (Wildman–Crippen LogP) is 3.98. The van der Waals surface area contributed by atoms with Crippen molar-refractivity contribution in [3.05, 3.63) is 65.2 Å². The third kappa shape index (κ3) is 5.08. The van der Waals surface area contributed by atoms with E-state index in [4.69, 9.17) is 0 Å². The Morgan fingerprint density at radius 1 is 1.07 bits per heavy atom. The molecule has 4 rings (SSSR count). The van der Waals surface area contributed by atoms with Crippen molar-refractivity contribution in [2.75, 3.05) is 24.5 Å². The van der Waals surface area contributed by atoms with Crippen LogP contribution in [0.25, 0.3) is 0 Å². The van der Waals surface area contributed by atoms with Gasteiger partial charge in [-0.05, 0) is 61.1 Å². The average Bonchev–Trinajstić information content (AvgIpc) is 3.19. The molecule has 5 heteroatoms. The van der Waals surface area contributed by atoms with Gasteiger partial charge in [-0.25, -0.2) is 0 Å². The molecule has 2 fully saturated rings. The summed E-state index contributed by atoms with van der Waals surface area (Å²) >= 11 is 0. The molecule has 0 aromatic heterocycles. The first-order valence-electron chi connectivity index (χ1n) is 11.1. The van der Waals surface area contributed by atoms with Gasteiger partial charge < -0.3 is 10.2 Å². The lowest BCUT2D eigenvalue weighted by atomic mass is 9.99. The molecule has 0 spiro atoms. The molecule has 2 aliphatic rings. The van der Waals surface area contributed by atoms with E-state index in [1.54, 1.807) is 17.0 Å². The summed E-state index contributed by atoms with van der Waals surface area (Å²) in [4.78, 5) is 28.9. The van der Waals surface area contributed by atoms with Crippen LogP contribution in [0.3, 0.4) is 0 Å². The number of hydrogen-bond acceptors (Lipinski definition) is 3. The van der Waals surface area contributed by atoms with E-state index in [2.05, 4.69) is 41.4 Å². The van der Waals surface area contributed by atoms with Crippen LogP contribution in [-0.4, -0.2) is 36.3 Å². The fraction of sp³-hybridized carbons (Fsp3) is 0.440. The number of benzene rings is 2. The summed E-state index contributed by atoms with van der Waals surface area (Å²) in [5.41, 5.74) is 3.80. The van der Waals surface area contributed by atoms with E-state index in [9.17, 15) is 9.59 Å². The molecule has 1 atom stereocenters. The summed E-state index contributed by atoms with van der Waals surface area (Å²) in [7, 11) is 0. The molecule has 2 aromatic carbocycles. The maximum absolute atomic E-state index is 12.6. The lowest BCUT2D eigenvalue weighted by Crippen LogP contribution is -2.33. The zero-order chi connectivity index (χ0) is 20.9. The quantitative estimate of drug-likeness (QED) is 0.791. The molecule has 1 unspecified atom stereocenters. The van der Waals surface area contributed by atoms with Crippen LogP contribution >= 0.6 is 0 Å². The lowest BCUT2D eigenvalue weighted by Gasteiger charge is -2.30. The van der Waals surface area contributed by atoms with E-state index in [0.29, 0.717) is 18.5 Å². The molecular formula is C25H31N3O2. The number of amides is 2. The van der Waals surface area contributed by atoms with E-state index < -0.39 is 0 Å². The molecule has 0 aliphatic carbocycles. The molecule has 158 valence electrons. The Balaban J connectivity index is 1.31. The molecule has 2 amide bonds. The standard InChI is InChI=1S/C25H31N3O2/c1-19-5-3-13-27(17-19)18-21-11-9-20(10-12-21)16-26-25(30)22-6-2-7-23(15-22)28-14-4-8-24(28)29/h2,6-7,9-12,15,19H,3-5,8,13-14,16-18H2,1H3,(H,26,30). The Morgan fingerprint density at radius 3 is 2.60 bits per heavy atom. The predicted molar refractivity (Wildman–Crippen MR) is 119 cm³/mol. The van der Waals surface area contributed by atoms with Crippen LogP contribution in [0.1, 0.15) is 54.1 Å². The summed E-state index contributed by atoms with van der Waals surface area (Å²) in [6.45, 7) is 6.92. The lowest BCUT2D eigenvalue weighted by molar-refractivity contribution is -0.117. The second kappa shape index (κ2) is 9.43. The van der Waals surface area contributed by atoms with Gasteiger partial charge in [-0.3, -0.25) is 14.5 Å². The molecule has 2 heterocycles. The summed E-state index contributed by atoms with van der Waals surface area (Å²) in [6, 6.07) is 15.9. The summed E-state index contributed by atoms with van der Waals surface area (Å²) in [6.07, 6.45) is 4.09. The SMILES string of the molecule is CC1CCCN(Cc2ccc(CNC(=O)c3cccc(N4CCCC4=O)c3)cc2)C1. The Labute approximate surface area is 179 Å². The van der Waals surface area contributed by atoms with E-state index >= 15 is 0 Å². The number of carbonyl (C=O) groups excluding carboxylic acids is 2. The first-order chi connectivity index (χ1) is 14.6. The second-order valence-electron chi connectivity index (χ2n) is 8.68. The molecule has 0 radical (unpaired) electrons. The number of likely N-dealkylation sites (tertiary alicyclic amines) is 1. The number of rotatable bonds is 6. The topological polar surface area (TPSA) is 52.7 Å². The third-order valence-corrected chi connectivity index (χ3v) is 6.12. The molecule has 1 N–H and O–H groups in total. The summed E-state index contributed by atoms with van der Waals surface area (Å²) in [5, 5.41) is 3.00. The van der Waals surface area contributed by atoms with Gasteiger partial charge in [0.05, 0.1) is 0 Å². The monoisotopic (exact) mass is 405 g/mol. The van der Waals surface area contributed by atoms with Gasteiger partial charge in [-0.1, -0.05) is 37.3 Å². The van der Waals surface area contributed by atoms with Crippen molar-refractivity contribution in [2.24, 2.45) is 5.92 Å². The molecule has 0 saturated carbocycles. The van der Waals surface area contributed by atoms with Crippen LogP contribution in [-0.2, 0) is 17.9 Å². The fourth-order valence-electron chi connectivity index (χ4n) is 4.47. The normalized spacial score (nSPS) is 19.8. The largest absolute Gasteiger partial charge is 0.348 e. The van der Waals surface area contributed by atoms with Gasteiger partial charge in [0.1, 0.15) is 0 Å². The van der Waals surface area contributed by atoms with Crippen molar-refractivity contribution in [3.8, 4) is 0 Å². The molecule has 5 nitrogen and oxygen atoms in total. The molecule has 2 aromatic rings. The van der Waals surface area contributed by atoms with E-state index in [-0.39, 0.29) is 11.8 Å². The number of carbonyl (C=O) groups is 2. The fourth-order valence-corrected chi connectivity index (χ4v) is 4.47. The first kappa shape index (κ1) is 20.6. The molecule has 2 aliphatic heterocycles. The summed E-state index contributed by atoms with van der Waals surface area (Å²) < 4.78 is 0. The molecule has 2 saturated heterocycles. The van der Waals surface area contributed by atoms with E-state index in [1.165, 1.54) is 31.5 Å². The van der Waals surface area contributed by atoms with Crippen molar-refractivity contribution >= 4 is 17.5 Å². The Hall–Kier alpha value is -2.66. The van der Waals surface area contributed by atoms with Gasteiger partial charge in [-0.15, -0.1) is 0 Å². The van der Waals surface area contributed by atoms with Crippen molar-refractivity contribution in [2.45, 2.75) is 45.7 Å². The Morgan fingerprint density at radius 2 is 1.87 bits per heavy atom. The number of piperidine rings is 1. The highest BCUT2D eigenvalue weighted by molar-refractivity contribution is 5.99. The first-order valence-corrected chi connectivity index (χ1v) is 11.1. The Bertz CT molecular complexity index is 894. The van der Waals surface area contributed by atoms with E-state index in [0.717, 1.165) is 36.7 Å². The van der Waals surface area contributed by atoms with Crippen LogP contribution in [0.15, 0.2) is 48.5 Å². The third-order valence-electron chi connectivity index (χ3n) is 6.12. The number of nitrogens with one attached hydrogen (secondary N) is 1. The van der Waals surface area contributed by atoms with Gasteiger partial charge in [0.2, 0.25) is 5.91 Å². The number of anilines is 1. The second-order valence-corrected chi connectivity index (χ2v) is 8.68. The average molecular weight is 406 g/mol. The van der Waals surface area contributed by atoms with Crippen molar-refractivity contribution in [1.82, 2.24) is 10.2 Å². The maximum atomic E-state index is 12.6. The molecule has 0 bridgehead atoms. The van der Waals surface area contributed by atoms with Crippen LogP contribution in [0.2, 0.25) is 0 Å². The van der Waals surface area contributed by atoms with Gasteiger partial charge in [0, 0.05) is 43.9 Å². The minimum Gasteiger partial charge on any atom is -0.348 e. The number of nitrogens with zero attached hydrogens (tertiary/aromatic N) is 2. The van der Waals surface area contributed by atoms with E-state index in [1.807, 2.05) is 12.1 Å². The van der Waals surface area contributed by atoms with Crippen molar-refractivity contribution in [3.63, 3.8) is 0 Å².